The van der Waals surface area contributed by atoms with Gasteiger partial charge in [-0.2, -0.15) is 0 Å². The van der Waals surface area contributed by atoms with Gasteiger partial charge in [0.15, 0.2) is 16.6 Å². The molecular weight excluding hydrogens is 364 g/mol. The topological polar surface area (TPSA) is 96.8 Å². The molecule has 0 saturated carbocycles. The lowest BCUT2D eigenvalue weighted by atomic mass is 10.3. The van der Waals surface area contributed by atoms with Crippen LogP contribution in [0.1, 0.15) is 25.3 Å². The largest absolute Gasteiger partial charge is 0.361 e. The zero-order chi connectivity index (χ0) is 19.4. The molecule has 9 heteroatoms. The van der Waals surface area contributed by atoms with Crippen molar-refractivity contribution in [1.82, 2.24) is 24.5 Å². The highest BCUT2D eigenvalue weighted by atomic mass is 32.2. The van der Waals surface area contributed by atoms with E-state index in [9.17, 15) is 9.59 Å². The van der Waals surface area contributed by atoms with Gasteiger partial charge in [0.2, 0.25) is 0 Å². The van der Waals surface area contributed by atoms with Gasteiger partial charge in [-0.1, -0.05) is 31.2 Å². The summed E-state index contributed by atoms with van der Waals surface area (Å²) in [5.74, 6) is 1.47. The summed E-state index contributed by atoms with van der Waals surface area (Å²) in [4.78, 5) is 42.5. The van der Waals surface area contributed by atoms with E-state index in [1.54, 1.807) is 30.2 Å². The summed E-state index contributed by atoms with van der Waals surface area (Å²) in [5, 5.41) is 0.589. The predicted molar refractivity (Wildman–Crippen MR) is 108 cm³/mol. The first-order valence-corrected chi connectivity index (χ1v) is 9.73. The summed E-state index contributed by atoms with van der Waals surface area (Å²) >= 11 is 1.55. The second-order valence-electron chi connectivity index (χ2n) is 6.33. The number of fused-ring (bicyclic) bond motifs is 1. The van der Waals surface area contributed by atoms with E-state index in [-0.39, 0.29) is 6.54 Å². The first-order valence-electron chi connectivity index (χ1n) is 8.75. The molecule has 3 aromatic heterocycles. The van der Waals surface area contributed by atoms with Crippen molar-refractivity contribution in [3.05, 3.63) is 50.8 Å². The number of hydrogen-bond donors (Lipinski definition) is 1. The lowest BCUT2D eigenvalue weighted by molar-refractivity contribution is 0.749. The van der Waals surface area contributed by atoms with E-state index in [0.717, 1.165) is 24.2 Å². The molecule has 3 aromatic rings. The Morgan fingerprint density at radius 3 is 2.74 bits per heavy atom. The van der Waals surface area contributed by atoms with E-state index in [4.69, 9.17) is 0 Å². The first kappa shape index (κ1) is 19.1. The van der Waals surface area contributed by atoms with Crippen LogP contribution in [0.5, 0.6) is 0 Å². The Morgan fingerprint density at radius 2 is 2.07 bits per heavy atom. The minimum atomic E-state index is -0.690. The molecule has 0 aliphatic carbocycles. The van der Waals surface area contributed by atoms with Gasteiger partial charge in [0.1, 0.15) is 5.52 Å². The van der Waals surface area contributed by atoms with E-state index in [1.165, 1.54) is 4.57 Å². The van der Waals surface area contributed by atoms with Crippen LogP contribution in [0.2, 0.25) is 0 Å². The van der Waals surface area contributed by atoms with Crippen LogP contribution in [0, 0.1) is 0 Å². The monoisotopic (exact) mass is 386 g/mol. The lowest BCUT2D eigenvalue weighted by Gasteiger charge is -2.17. The first-order chi connectivity index (χ1) is 13.0. The van der Waals surface area contributed by atoms with E-state index in [1.807, 2.05) is 25.1 Å². The van der Waals surface area contributed by atoms with Crippen molar-refractivity contribution in [3.63, 3.8) is 0 Å². The summed E-state index contributed by atoms with van der Waals surface area (Å²) in [6.45, 7) is 2.35. The third-order valence-corrected chi connectivity index (χ3v) is 4.93. The normalized spacial score (nSPS) is 11.1. The highest BCUT2D eigenvalue weighted by Gasteiger charge is 2.17. The lowest BCUT2D eigenvalue weighted by Crippen LogP contribution is -2.37. The van der Waals surface area contributed by atoms with Crippen molar-refractivity contribution in [3.8, 4) is 0 Å². The fourth-order valence-electron chi connectivity index (χ4n) is 2.63. The van der Waals surface area contributed by atoms with Crippen LogP contribution in [-0.4, -0.2) is 44.4 Å². The average Bonchev–Trinajstić information content (AvgIpc) is 2.66. The smallest absolute Gasteiger partial charge is 0.318 e. The van der Waals surface area contributed by atoms with Gasteiger partial charge in [0.25, 0.3) is 0 Å². The van der Waals surface area contributed by atoms with Gasteiger partial charge in [0.05, 0.1) is 6.54 Å². The molecule has 0 atom stereocenters. The molecule has 142 valence electrons. The van der Waals surface area contributed by atoms with Gasteiger partial charge in [0, 0.05) is 32.2 Å². The fraction of sp³-hybridized carbons (Fsp3) is 0.389. The second kappa shape index (κ2) is 8.34. The van der Waals surface area contributed by atoms with Crippen LogP contribution in [0.25, 0.3) is 11.2 Å². The Morgan fingerprint density at radius 1 is 1.26 bits per heavy atom. The SMILES string of the molecule is CCCCSc1nc(N(C)C)c2[nH]c(=O)c(=O)n(Cc3cccnc3)c2n1. The molecule has 0 spiro atoms. The van der Waals surface area contributed by atoms with Crippen molar-refractivity contribution in [2.45, 2.75) is 31.5 Å². The molecule has 0 fully saturated rings. The number of aromatic amines is 1. The zero-order valence-corrected chi connectivity index (χ0v) is 16.4. The summed E-state index contributed by atoms with van der Waals surface area (Å²) in [5.41, 5.74) is 0.356. The molecule has 0 bridgehead atoms. The molecule has 0 aromatic carbocycles. The molecule has 0 aliphatic heterocycles. The number of aromatic nitrogens is 5. The molecule has 0 unspecified atom stereocenters. The summed E-state index contributed by atoms with van der Waals surface area (Å²) < 4.78 is 1.39. The number of hydrogen-bond acceptors (Lipinski definition) is 7. The Labute approximate surface area is 160 Å². The maximum absolute atomic E-state index is 12.6. The number of nitrogens with one attached hydrogen (secondary N) is 1. The van der Waals surface area contributed by atoms with Crippen molar-refractivity contribution in [1.29, 1.82) is 0 Å². The van der Waals surface area contributed by atoms with Crippen LogP contribution < -0.4 is 16.0 Å². The van der Waals surface area contributed by atoms with Crippen LogP contribution in [0.3, 0.4) is 0 Å². The highest BCUT2D eigenvalue weighted by molar-refractivity contribution is 7.99. The molecule has 0 amide bonds. The second-order valence-corrected chi connectivity index (χ2v) is 7.39. The van der Waals surface area contributed by atoms with Gasteiger partial charge >= 0.3 is 11.1 Å². The molecule has 27 heavy (non-hydrogen) atoms. The Kier molecular flexibility index (Phi) is 5.90. The van der Waals surface area contributed by atoms with E-state index < -0.39 is 11.1 Å². The zero-order valence-electron chi connectivity index (χ0n) is 15.6. The van der Waals surface area contributed by atoms with E-state index in [2.05, 4.69) is 26.9 Å². The molecule has 8 nitrogen and oxygen atoms in total. The molecule has 3 rings (SSSR count). The van der Waals surface area contributed by atoms with Crippen molar-refractivity contribution >= 4 is 28.7 Å². The number of pyridine rings is 1. The summed E-state index contributed by atoms with van der Waals surface area (Å²) in [7, 11) is 3.69. The molecule has 0 radical (unpaired) electrons. The number of nitrogens with zero attached hydrogens (tertiary/aromatic N) is 5. The minimum Gasteiger partial charge on any atom is -0.361 e. The number of unbranched alkanes of at least 4 members (excludes halogenated alkanes) is 1. The Bertz CT molecular complexity index is 1050. The maximum Gasteiger partial charge on any atom is 0.318 e. The number of thioether (sulfide) groups is 1. The van der Waals surface area contributed by atoms with Gasteiger partial charge in [-0.3, -0.25) is 19.1 Å². The van der Waals surface area contributed by atoms with Crippen LogP contribution in [0.4, 0.5) is 5.82 Å². The number of H-pyrrole nitrogens is 1. The predicted octanol–water partition coefficient (Wildman–Crippen LogP) is 1.88. The number of rotatable bonds is 7. The van der Waals surface area contributed by atoms with Crippen LogP contribution >= 0.6 is 11.8 Å². The molecule has 0 aliphatic rings. The molecular formula is C18H22N6O2S. The van der Waals surface area contributed by atoms with Gasteiger partial charge in [-0.15, -0.1) is 0 Å². The number of anilines is 1. The highest BCUT2D eigenvalue weighted by Crippen LogP contribution is 2.24. The Balaban J connectivity index is 2.21. The Hall–Kier alpha value is -2.68. The molecule has 3 heterocycles. The maximum atomic E-state index is 12.6. The quantitative estimate of drug-likeness (QED) is 0.287. The van der Waals surface area contributed by atoms with Crippen molar-refractivity contribution in [2.24, 2.45) is 0 Å². The van der Waals surface area contributed by atoms with Crippen molar-refractivity contribution in [2.75, 3.05) is 24.7 Å². The van der Waals surface area contributed by atoms with Gasteiger partial charge in [-0.25, -0.2) is 9.97 Å². The van der Waals surface area contributed by atoms with Gasteiger partial charge in [-0.05, 0) is 18.1 Å². The summed E-state index contributed by atoms with van der Waals surface area (Å²) in [6.07, 6.45) is 5.47. The van der Waals surface area contributed by atoms with Crippen LogP contribution in [0.15, 0.2) is 39.3 Å². The average molecular weight is 386 g/mol. The fourth-order valence-corrected chi connectivity index (χ4v) is 3.55. The third-order valence-electron chi connectivity index (χ3n) is 4.00. The van der Waals surface area contributed by atoms with Gasteiger partial charge < -0.3 is 9.88 Å². The van der Waals surface area contributed by atoms with E-state index in [0.29, 0.717) is 22.1 Å². The third kappa shape index (κ3) is 4.19. The van der Waals surface area contributed by atoms with Crippen LogP contribution in [-0.2, 0) is 6.54 Å². The van der Waals surface area contributed by atoms with Crippen molar-refractivity contribution < 1.29 is 0 Å². The summed E-state index contributed by atoms with van der Waals surface area (Å²) in [6, 6.07) is 3.65. The minimum absolute atomic E-state index is 0.218. The van der Waals surface area contributed by atoms with E-state index >= 15 is 0 Å². The molecule has 0 saturated heterocycles. The molecule has 1 N–H and O–H groups in total. The standard InChI is InChI=1S/C18H22N6O2S/c1-4-5-9-27-18-21-14(23(2)3)13-15(22-18)24(17(26)16(25)20-13)11-12-7-6-8-19-10-12/h6-8,10H,4-5,9,11H2,1-3H3,(H,20,25).